The SMILES string of the molecule is C[Si](C)(CCCOCC1CO1)O[Si]1(c2ccccc2)O[Si]2(c3ccccc3)O[Si](O[Si](C)(C)CCCOCC3CO3)(c3ccccc3)O[Si](c3ccccc3)(O1)O[Si]1(c3ccccc3)O[Si](O[Si](C)(C)CCCOCC3CO3)(c3ccccc3)O[Si](c3ccccc3)(O[Si](O[Si](C)(C)CCCOC3CO3)(c3ccccc3)O1)O2. The van der Waals surface area contributed by atoms with Crippen LogP contribution in [0.3, 0.4) is 0 Å². The number of epoxide rings is 4. The van der Waals surface area contributed by atoms with Crippen LogP contribution in [0.2, 0.25) is 76.6 Å². The quantitative estimate of drug-likeness (QED) is 0.0199. The Labute approximate surface area is 678 Å². The molecule has 0 saturated carbocycles. The average molecular weight is 1740 g/mol. The van der Waals surface area contributed by atoms with Crippen molar-refractivity contribution in [1.82, 2.24) is 0 Å². The van der Waals surface area contributed by atoms with E-state index < -0.39 is 104 Å². The Kier molecular flexibility index (Phi) is 26.5. The molecule has 602 valence electrons. The second-order valence-corrected chi connectivity index (χ2v) is 73.0. The van der Waals surface area contributed by atoms with E-state index in [0.717, 1.165) is 0 Å². The van der Waals surface area contributed by atoms with Gasteiger partial charge in [-0.3, -0.25) is 0 Å². The van der Waals surface area contributed by atoms with Gasteiger partial charge in [0, 0.05) is 67.9 Å². The van der Waals surface area contributed by atoms with Crippen molar-refractivity contribution >= 4 is 145 Å². The van der Waals surface area contributed by atoms with Crippen LogP contribution in [0.1, 0.15) is 25.7 Å². The summed E-state index contributed by atoms with van der Waals surface area (Å²) in [5.74, 6) is 0. The zero-order valence-electron chi connectivity index (χ0n) is 65.8. The van der Waals surface area contributed by atoms with Gasteiger partial charge in [0.15, 0.2) is 39.6 Å². The Morgan fingerprint density at radius 2 is 0.451 bits per heavy atom. The number of ether oxygens (including phenoxy) is 8. The normalized spacial score (nSPS) is 29.7. The maximum atomic E-state index is 9.21. The van der Waals surface area contributed by atoms with Crippen molar-refractivity contribution in [1.29, 1.82) is 0 Å². The van der Waals surface area contributed by atoms with Crippen LogP contribution < -0.4 is 41.5 Å². The fourth-order valence-corrected chi connectivity index (χ4v) is 74.8. The van der Waals surface area contributed by atoms with Gasteiger partial charge < -0.3 is 95.5 Å². The van der Waals surface area contributed by atoms with Crippen LogP contribution in [0.4, 0.5) is 0 Å². The summed E-state index contributed by atoms with van der Waals surface area (Å²) >= 11 is 0. The summed E-state index contributed by atoms with van der Waals surface area (Å²) in [6.45, 7) is 23.5. The summed E-state index contributed by atoms with van der Waals surface area (Å²) in [4.78, 5) is 0. The van der Waals surface area contributed by atoms with Crippen molar-refractivity contribution in [3.05, 3.63) is 243 Å². The minimum absolute atomic E-state index is 0.0867. The van der Waals surface area contributed by atoms with Gasteiger partial charge in [-0.15, -0.1) is 0 Å². The standard InChI is InChI=1S/C79H106O22Si12/c1-102(2,57-33-53-80-61-68-64-84-68)88-106(71-37-17-9-18-38-71)92-110(75-45-25-13-26-46-75)94-107(72-39-19-10-20-40-72,89-103(3,4)58-34-54-81-62-69-65-85-69)95-111(93-106,76-47-27-14-28-48-76)101-113(78-51-31-16-32-52-78)97-108(73-41-21-11-22-42-73,90-104(5,6)59-35-55-82-63-70-66-86-70)96-112(100-110,77-49-29-15-30-50-77)98-109(99-113,74-43-23-12-24-44-74)91-105(7,8)60-36-56-83-79-67-87-79/h9-32,37-52,68-70,79H,33-36,53-67H2,1-8H3. The summed E-state index contributed by atoms with van der Waals surface area (Å²) in [5, 5.41) is 4.18. The van der Waals surface area contributed by atoms with Gasteiger partial charge in [-0.25, -0.2) is 0 Å². The first-order valence-electron chi connectivity index (χ1n) is 39.6. The molecular formula is C79H106O22Si12. The molecule has 0 radical (unpaired) electrons. The van der Waals surface area contributed by atoms with Crippen LogP contribution in [0.25, 0.3) is 0 Å². The zero-order chi connectivity index (χ0) is 78.2. The predicted molar refractivity (Wildman–Crippen MR) is 455 cm³/mol. The molecule has 8 heterocycles. The molecule has 0 N–H and O–H groups in total. The van der Waals surface area contributed by atoms with Gasteiger partial charge >= 0.3 is 70.4 Å². The van der Waals surface area contributed by atoms with E-state index in [9.17, 15) is 8.23 Å². The van der Waals surface area contributed by atoms with Gasteiger partial charge in [-0.05, 0) is 102 Å². The van der Waals surface area contributed by atoms with Gasteiger partial charge in [0.1, 0.15) is 24.9 Å². The molecule has 34 heteroatoms. The molecule has 113 heavy (non-hydrogen) atoms. The first-order valence-corrected chi connectivity index (χ1v) is 65.9. The van der Waals surface area contributed by atoms with Gasteiger partial charge in [0.25, 0.3) is 0 Å². The van der Waals surface area contributed by atoms with Crippen LogP contribution in [0.15, 0.2) is 243 Å². The second kappa shape index (κ2) is 35.8. The molecule has 8 aromatic rings. The van der Waals surface area contributed by atoms with Crippen LogP contribution in [0, 0.1) is 0 Å². The molecule has 6 atom stereocenters. The van der Waals surface area contributed by atoms with E-state index in [1.807, 2.05) is 243 Å². The Balaban J connectivity index is 1.09. The molecule has 8 aliphatic rings. The largest absolute Gasteiger partial charge is 0.515 e. The highest BCUT2D eigenvalue weighted by molar-refractivity contribution is 7.11. The smallest absolute Gasteiger partial charge is 0.413 e. The molecule has 8 fully saturated rings. The number of fused-ring (bicyclic) bond motifs is 4. The molecule has 8 aliphatic heterocycles. The molecule has 8 aromatic carbocycles. The van der Waals surface area contributed by atoms with E-state index in [1.165, 1.54) is 0 Å². The predicted octanol–water partition coefficient (Wildman–Crippen LogP) is 9.03. The van der Waals surface area contributed by atoms with Gasteiger partial charge in [0.2, 0.25) is 0 Å². The number of benzene rings is 8. The van der Waals surface area contributed by atoms with E-state index in [1.54, 1.807) is 0 Å². The Hall–Kier alpha value is -4.52. The highest BCUT2D eigenvalue weighted by atomic mass is 28.6. The lowest BCUT2D eigenvalue weighted by Gasteiger charge is -2.58. The van der Waals surface area contributed by atoms with Gasteiger partial charge in [-0.2, -0.15) is 0 Å². The molecule has 0 spiro atoms. The first-order chi connectivity index (χ1) is 54.6. The molecule has 6 unspecified atom stereocenters. The maximum absolute atomic E-state index is 9.21. The average Bonchev–Trinajstić information content (AvgIpc) is 1.54. The number of hydrogen-bond donors (Lipinski definition) is 0. The summed E-state index contributed by atoms with van der Waals surface area (Å²) in [5.41, 5.74) is 0. The van der Waals surface area contributed by atoms with E-state index in [4.69, 9.17) is 87.3 Å². The third kappa shape index (κ3) is 21.0. The van der Waals surface area contributed by atoms with Gasteiger partial charge in [0.05, 0.1) is 39.6 Å². The van der Waals surface area contributed by atoms with E-state index >= 15 is 0 Å². The van der Waals surface area contributed by atoms with Crippen LogP contribution in [0.5, 0.6) is 0 Å². The second-order valence-electron chi connectivity index (χ2n) is 32.0. The number of hydrogen-bond acceptors (Lipinski definition) is 22. The lowest BCUT2D eigenvalue weighted by molar-refractivity contribution is 0.0457. The van der Waals surface area contributed by atoms with Gasteiger partial charge in [-0.1, -0.05) is 243 Å². The summed E-state index contributed by atoms with van der Waals surface area (Å²) in [7, 11) is -55.6. The molecule has 0 amide bonds. The molecule has 8 saturated heterocycles. The minimum Gasteiger partial charge on any atom is -0.413 e. The monoisotopic (exact) mass is 1740 g/mol. The lowest BCUT2D eigenvalue weighted by atomic mass is 10.4. The molecule has 0 aliphatic carbocycles. The van der Waals surface area contributed by atoms with Crippen LogP contribution >= 0.6 is 0 Å². The van der Waals surface area contributed by atoms with Crippen LogP contribution in [-0.4, -0.2) is 201 Å². The lowest BCUT2D eigenvalue weighted by Crippen LogP contribution is -2.91. The fraction of sp³-hybridized carbons (Fsp3) is 0.392. The highest BCUT2D eigenvalue weighted by Crippen LogP contribution is 2.46. The fourth-order valence-electron chi connectivity index (χ4n) is 14.3. The van der Waals surface area contributed by atoms with E-state index in [0.29, 0.717) is 164 Å². The summed E-state index contributed by atoms with van der Waals surface area (Å²) in [6.07, 6.45) is 2.56. The van der Waals surface area contributed by atoms with E-state index in [2.05, 4.69) is 52.4 Å². The number of rotatable bonds is 39. The first kappa shape index (κ1) is 83.5. The van der Waals surface area contributed by atoms with Crippen molar-refractivity contribution in [3.63, 3.8) is 0 Å². The van der Waals surface area contributed by atoms with Crippen molar-refractivity contribution in [2.45, 2.75) is 127 Å². The van der Waals surface area contributed by atoms with Crippen LogP contribution in [-0.2, 0) is 95.5 Å². The summed E-state index contributed by atoms with van der Waals surface area (Å²) < 4.78 is 172. The van der Waals surface area contributed by atoms with Crippen molar-refractivity contribution < 1.29 is 95.5 Å². The van der Waals surface area contributed by atoms with E-state index in [-0.39, 0.29) is 24.6 Å². The highest BCUT2D eigenvalue weighted by Gasteiger charge is 2.81. The Morgan fingerprint density at radius 1 is 0.257 bits per heavy atom. The summed E-state index contributed by atoms with van der Waals surface area (Å²) in [6, 6.07) is 81.7. The molecule has 0 aromatic heterocycles. The van der Waals surface area contributed by atoms with Crippen molar-refractivity contribution in [2.75, 3.05) is 72.7 Å². The molecule has 22 nitrogen and oxygen atoms in total. The Bertz CT molecular complexity index is 3900. The molecule has 16 rings (SSSR count). The third-order valence-corrected chi connectivity index (χ3v) is 69.4. The zero-order valence-corrected chi connectivity index (χ0v) is 77.8. The molecule has 4 bridgehead atoms. The Morgan fingerprint density at radius 3 is 0.646 bits per heavy atom. The molecular weight excluding hydrogens is 1640 g/mol. The van der Waals surface area contributed by atoms with Crippen molar-refractivity contribution in [2.24, 2.45) is 0 Å². The van der Waals surface area contributed by atoms with Crippen molar-refractivity contribution in [3.8, 4) is 0 Å². The topological polar surface area (TPSA) is 216 Å². The maximum Gasteiger partial charge on any atom is 0.515 e. The third-order valence-electron chi connectivity index (χ3n) is 20.2. The minimum atomic E-state index is -5.53.